The van der Waals surface area contributed by atoms with Crippen molar-refractivity contribution in [2.24, 2.45) is 0 Å². The Labute approximate surface area is 407 Å². The summed E-state index contributed by atoms with van der Waals surface area (Å²) in [6.45, 7) is 7.27. The van der Waals surface area contributed by atoms with E-state index in [1.807, 2.05) is 56.3 Å². The number of rotatable bonds is 9. The molecule has 0 amide bonds. The molecular weight excluding hydrogens is 1070 g/mol. The number of hydrogen-bond acceptors (Lipinski definition) is 0. The second-order valence-corrected chi connectivity index (χ2v) is 41.2. The second-order valence-electron chi connectivity index (χ2n) is 18.8. The number of allylic oxidation sites excluding steroid dienone is 2. The molecule has 0 bridgehead atoms. The fourth-order valence-electron chi connectivity index (χ4n) is 11.6. The van der Waals surface area contributed by atoms with E-state index in [2.05, 4.69) is 0 Å². The fourth-order valence-corrected chi connectivity index (χ4v) is 40.4. The molecule has 9 rings (SSSR count). The number of benzene rings is 6. The van der Waals surface area contributed by atoms with E-state index in [1.165, 1.54) is 0 Å². The van der Waals surface area contributed by atoms with Crippen LogP contribution in [0, 0.1) is 0 Å². The third-order valence-corrected chi connectivity index (χ3v) is 37.4. The molecule has 16 heteroatoms. The molecule has 1 heterocycles. The fraction of sp³-hybridized carbons (Fsp3) is 0.259. The Balaban J connectivity index is 1.36. The molecule has 2 aliphatic carbocycles. The predicted molar refractivity (Wildman–Crippen MR) is 256 cm³/mol. The van der Waals surface area contributed by atoms with Gasteiger partial charge in [0.1, 0.15) is 0 Å². The number of alkyl halides is 12. The molecule has 0 radical (unpaired) electrons. The zero-order valence-electron chi connectivity index (χ0n) is 38.0. The summed E-state index contributed by atoms with van der Waals surface area (Å²) < 4.78 is 173. The van der Waals surface area contributed by atoms with Crippen molar-refractivity contribution in [1.82, 2.24) is 0 Å². The topological polar surface area (TPSA) is 0 Å². The van der Waals surface area contributed by atoms with E-state index in [0.29, 0.717) is 73.5 Å². The first-order chi connectivity index (χ1) is 32.7. The number of aryl methyl sites for hydroxylation is 2. The van der Waals surface area contributed by atoms with Gasteiger partial charge in [0.25, 0.3) is 0 Å². The van der Waals surface area contributed by atoms with Crippen molar-refractivity contribution in [3.63, 3.8) is 0 Å². The molecule has 70 heavy (non-hydrogen) atoms. The van der Waals surface area contributed by atoms with Crippen LogP contribution in [0.3, 0.4) is 0 Å². The quantitative estimate of drug-likeness (QED) is 0.0998. The first kappa shape index (κ1) is 50.6. The first-order valence-electron chi connectivity index (χ1n) is 22.7. The molecule has 0 nitrogen and oxygen atoms in total. The summed E-state index contributed by atoms with van der Waals surface area (Å²) >= 11 is -6.43. The van der Waals surface area contributed by atoms with Gasteiger partial charge in [-0.05, 0) is 0 Å². The van der Waals surface area contributed by atoms with Crippen molar-refractivity contribution in [3.05, 3.63) is 170 Å². The summed E-state index contributed by atoms with van der Waals surface area (Å²) in [6.07, 6.45) is -15.4. The predicted octanol–water partition coefficient (Wildman–Crippen LogP) is 16.0. The normalized spacial score (nSPS) is 17.7. The Bertz CT molecular complexity index is 2970. The van der Waals surface area contributed by atoms with E-state index >= 15 is 0 Å². The summed E-state index contributed by atoms with van der Waals surface area (Å²) in [5, 5.41) is 2.09. The van der Waals surface area contributed by atoms with E-state index in [-0.39, 0.29) is 34.4 Å². The molecule has 6 aromatic carbocycles. The molecular formula is C54H43Cl2F12SiZr. The Kier molecular flexibility index (Phi) is 12.6. The number of fused-ring (bicyclic) bond motifs is 5. The van der Waals surface area contributed by atoms with E-state index < -0.39 is 80.1 Å². The van der Waals surface area contributed by atoms with Crippen LogP contribution >= 0.6 is 17.0 Å². The van der Waals surface area contributed by atoms with Crippen LogP contribution in [-0.2, 0) is 53.9 Å². The van der Waals surface area contributed by atoms with Gasteiger partial charge >= 0.3 is 410 Å². The Morgan fingerprint density at radius 2 is 0.900 bits per heavy atom. The SMILES string of the molecule is CCCc1ccc2c(c1-c1cc(C(F)(F)F)cc(C(F)(F)F)c1)C=C(C)[CH]2[Zr]([Cl])([Cl])([c]1cccc2c1[SiH2]c1ccccc1-2)[CH]1C(C)=Cc2c1ccc(CCC)c2-c1cc(C(F)(F)F)cc(C(F)(F)F)c1. The van der Waals surface area contributed by atoms with Crippen LogP contribution in [0.15, 0.2) is 114 Å². The second kappa shape index (κ2) is 17.4. The van der Waals surface area contributed by atoms with Gasteiger partial charge < -0.3 is 0 Å². The van der Waals surface area contributed by atoms with Gasteiger partial charge in [-0.15, -0.1) is 0 Å². The molecule has 2 unspecified atom stereocenters. The molecule has 0 saturated heterocycles. The van der Waals surface area contributed by atoms with E-state index in [9.17, 15) is 52.7 Å². The van der Waals surface area contributed by atoms with E-state index in [4.69, 9.17) is 17.0 Å². The zero-order chi connectivity index (χ0) is 50.7. The first-order valence-corrected chi connectivity index (χ1v) is 34.5. The van der Waals surface area contributed by atoms with Gasteiger partial charge in [0.05, 0.1) is 0 Å². The maximum atomic E-state index is 14.5. The average Bonchev–Trinajstić information content (AvgIpc) is 3.95. The Hall–Kier alpha value is -4.36. The van der Waals surface area contributed by atoms with Gasteiger partial charge in [-0.2, -0.15) is 0 Å². The van der Waals surface area contributed by atoms with Crippen LogP contribution in [0.4, 0.5) is 52.7 Å². The Morgan fingerprint density at radius 3 is 1.30 bits per heavy atom. The molecule has 0 fully saturated rings. The van der Waals surface area contributed by atoms with Gasteiger partial charge in [-0.3, -0.25) is 0 Å². The van der Waals surface area contributed by atoms with Crippen molar-refractivity contribution in [3.8, 4) is 33.4 Å². The standard InChI is InChI=1S/2C21H17F6.C12H9Si.2ClH.Zr/c2*1-3-4-13-5-6-14-7-12(2)8-18(14)19(13)15-9-16(20(22,23)24)11-17(10-15)21(25,26)27;1-3-7-11-9(5-1)10-6-2-4-8-12(10)13-11;;;/h2*5-11H,3-4H2,1-2H3;1-7H,13H2;2*1H;/q;;;;;+2/p-2. The van der Waals surface area contributed by atoms with Crippen molar-refractivity contribution in [2.45, 2.75) is 85.3 Å². The van der Waals surface area contributed by atoms with Gasteiger partial charge in [0, 0.05) is 0 Å². The molecule has 365 valence electrons. The van der Waals surface area contributed by atoms with Crippen LogP contribution in [0.5, 0.6) is 0 Å². The minimum absolute atomic E-state index is 0.0953. The van der Waals surface area contributed by atoms with E-state index in [0.717, 1.165) is 45.8 Å². The van der Waals surface area contributed by atoms with E-state index in [1.54, 1.807) is 50.3 Å². The van der Waals surface area contributed by atoms with Crippen LogP contribution in [0.1, 0.15) is 103 Å². The van der Waals surface area contributed by atoms with Gasteiger partial charge in [0.2, 0.25) is 0 Å². The van der Waals surface area contributed by atoms with Crippen LogP contribution in [0.2, 0.25) is 0 Å². The van der Waals surface area contributed by atoms with Gasteiger partial charge in [-0.1, -0.05) is 0 Å². The minimum atomic E-state index is -6.43. The van der Waals surface area contributed by atoms with Gasteiger partial charge in [0.15, 0.2) is 0 Å². The molecule has 0 spiro atoms. The van der Waals surface area contributed by atoms with Crippen molar-refractivity contribution in [1.29, 1.82) is 0 Å². The van der Waals surface area contributed by atoms with Gasteiger partial charge in [-0.25, -0.2) is 0 Å². The molecule has 0 N–H and O–H groups in total. The molecule has 2 atom stereocenters. The zero-order valence-corrected chi connectivity index (χ0v) is 43.3. The third-order valence-electron chi connectivity index (χ3n) is 14.2. The molecule has 1 aliphatic heterocycles. The van der Waals surface area contributed by atoms with Crippen molar-refractivity contribution in [2.75, 3.05) is 0 Å². The third kappa shape index (κ3) is 8.38. The number of hydrogen-bond donors (Lipinski definition) is 0. The molecule has 0 aromatic heterocycles. The van der Waals surface area contributed by atoms with Crippen LogP contribution < -0.4 is 13.6 Å². The summed E-state index contributed by atoms with van der Waals surface area (Å²) in [5.41, 5.74) is -0.195. The van der Waals surface area contributed by atoms with Crippen molar-refractivity contribution < 1.29 is 69.1 Å². The van der Waals surface area contributed by atoms with Crippen LogP contribution in [-0.4, -0.2) is 9.52 Å². The summed E-state index contributed by atoms with van der Waals surface area (Å²) in [4.78, 5) is 0. The molecule has 6 aromatic rings. The maximum absolute atomic E-state index is 14.5. The summed E-state index contributed by atoms with van der Waals surface area (Å²) in [6, 6.07) is 23.8. The summed E-state index contributed by atoms with van der Waals surface area (Å²) in [5.74, 6) is 0. The van der Waals surface area contributed by atoms with Crippen molar-refractivity contribution >= 4 is 52.3 Å². The Morgan fingerprint density at radius 1 is 0.500 bits per heavy atom. The average molecular weight is 1110 g/mol. The van der Waals surface area contributed by atoms with Crippen LogP contribution in [0.25, 0.3) is 45.5 Å². The molecule has 3 aliphatic rings. The number of halogens is 14. The molecule has 0 saturated carbocycles. The monoisotopic (exact) mass is 1110 g/mol. The summed E-state index contributed by atoms with van der Waals surface area (Å²) in [7, 11) is 16.4.